The molecule has 1 amide bonds. The summed E-state index contributed by atoms with van der Waals surface area (Å²) in [5.74, 6) is 1.57. The van der Waals surface area contributed by atoms with Crippen LogP contribution in [0.5, 0.6) is 0 Å². The van der Waals surface area contributed by atoms with Crippen molar-refractivity contribution >= 4 is 39.2 Å². The number of hydrogen-bond donors (Lipinski definition) is 0. The molecule has 2 aromatic heterocycles. The summed E-state index contributed by atoms with van der Waals surface area (Å²) in [7, 11) is 1.68. The Morgan fingerprint density at radius 3 is 2.79 bits per heavy atom. The van der Waals surface area contributed by atoms with Crippen LogP contribution in [-0.4, -0.2) is 63.1 Å². The first kappa shape index (κ1) is 23.0. The van der Waals surface area contributed by atoms with Gasteiger partial charge in [-0.15, -0.1) is 21.5 Å². The SMILES string of the molecule is COCCn1c(SCC(=O)N2CCC[C@@H](c3nc4ccccc4s3)C2)nnc1-c1ccccc1. The third-order valence-corrected chi connectivity index (χ3v) is 8.18. The fourth-order valence-electron chi connectivity index (χ4n) is 4.27. The number of hydrogen-bond acceptors (Lipinski definition) is 7. The number of carbonyl (C=O) groups is 1. The standard InChI is InChI=1S/C25H27N5O2S2/c1-32-15-14-30-23(18-8-3-2-4-9-18)27-28-25(30)33-17-22(31)29-13-7-10-19(16-29)24-26-20-11-5-6-12-21(20)34-24/h2-6,8-9,11-12,19H,7,10,13-17H2,1H3/t19-/m1/s1. The lowest BCUT2D eigenvalue weighted by Gasteiger charge is -2.31. The topological polar surface area (TPSA) is 73.1 Å². The lowest BCUT2D eigenvalue weighted by Crippen LogP contribution is -2.40. The summed E-state index contributed by atoms with van der Waals surface area (Å²) in [6.45, 7) is 2.71. The van der Waals surface area contributed by atoms with E-state index in [1.165, 1.54) is 16.5 Å². The van der Waals surface area contributed by atoms with Gasteiger partial charge in [-0.05, 0) is 25.0 Å². The Bertz CT molecular complexity index is 1220. The van der Waals surface area contributed by atoms with Gasteiger partial charge in [0.25, 0.3) is 0 Å². The van der Waals surface area contributed by atoms with E-state index in [0.29, 0.717) is 24.8 Å². The van der Waals surface area contributed by atoms with E-state index in [9.17, 15) is 4.79 Å². The monoisotopic (exact) mass is 493 g/mol. The van der Waals surface area contributed by atoms with Gasteiger partial charge >= 0.3 is 0 Å². The lowest BCUT2D eigenvalue weighted by atomic mass is 9.99. The lowest BCUT2D eigenvalue weighted by molar-refractivity contribution is -0.129. The molecular formula is C25H27N5O2S2. The maximum atomic E-state index is 13.1. The molecule has 3 heterocycles. The maximum Gasteiger partial charge on any atom is 0.233 e. The van der Waals surface area contributed by atoms with Crippen molar-refractivity contribution in [2.45, 2.75) is 30.5 Å². The van der Waals surface area contributed by atoms with Crippen molar-refractivity contribution in [1.29, 1.82) is 0 Å². The number of piperidine rings is 1. The van der Waals surface area contributed by atoms with Gasteiger partial charge in [0.2, 0.25) is 5.91 Å². The van der Waals surface area contributed by atoms with Crippen molar-refractivity contribution in [2.24, 2.45) is 0 Å². The number of amides is 1. The molecule has 0 N–H and O–H groups in total. The minimum atomic E-state index is 0.137. The largest absolute Gasteiger partial charge is 0.383 e. The minimum Gasteiger partial charge on any atom is -0.383 e. The molecule has 9 heteroatoms. The zero-order valence-electron chi connectivity index (χ0n) is 19.1. The summed E-state index contributed by atoms with van der Waals surface area (Å²) >= 11 is 3.20. The van der Waals surface area contributed by atoms with E-state index in [1.54, 1.807) is 18.4 Å². The number of likely N-dealkylation sites (tertiary alicyclic amines) is 1. The number of thioether (sulfide) groups is 1. The van der Waals surface area contributed by atoms with Crippen LogP contribution in [-0.2, 0) is 16.1 Å². The van der Waals surface area contributed by atoms with Crippen molar-refractivity contribution in [2.75, 3.05) is 32.6 Å². The Morgan fingerprint density at radius 2 is 1.97 bits per heavy atom. The smallest absolute Gasteiger partial charge is 0.233 e. The van der Waals surface area contributed by atoms with Gasteiger partial charge in [0, 0.05) is 31.7 Å². The average molecular weight is 494 g/mol. The molecule has 5 rings (SSSR count). The van der Waals surface area contributed by atoms with Crippen LogP contribution in [0.4, 0.5) is 0 Å². The van der Waals surface area contributed by atoms with Gasteiger partial charge in [-0.1, -0.05) is 54.2 Å². The van der Waals surface area contributed by atoms with Gasteiger partial charge in [-0.3, -0.25) is 9.36 Å². The molecule has 1 aliphatic heterocycles. The molecule has 0 saturated carbocycles. The summed E-state index contributed by atoms with van der Waals surface area (Å²) in [4.78, 5) is 20.0. The normalized spacial score (nSPS) is 16.3. The van der Waals surface area contributed by atoms with Gasteiger partial charge < -0.3 is 9.64 Å². The third-order valence-electron chi connectivity index (χ3n) is 6.03. The van der Waals surface area contributed by atoms with Crippen molar-refractivity contribution in [3.63, 3.8) is 0 Å². The van der Waals surface area contributed by atoms with E-state index in [1.807, 2.05) is 51.9 Å². The van der Waals surface area contributed by atoms with Crippen LogP contribution < -0.4 is 0 Å². The second kappa shape index (κ2) is 10.7. The van der Waals surface area contributed by atoms with Crippen LogP contribution in [0.15, 0.2) is 59.8 Å². The highest BCUT2D eigenvalue weighted by Crippen LogP contribution is 2.33. The first-order valence-electron chi connectivity index (χ1n) is 11.5. The van der Waals surface area contributed by atoms with Crippen LogP contribution >= 0.6 is 23.1 Å². The first-order chi connectivity index (χ1) is 16.7. The molecule has 1 aliphatic rings. The van der Waals surface area contributed by atoms with Gasteiger partial charge in [0.1, 0.15) is 0 Å². The molecule has 0 spiro atoms. The van der Waals surface area contributed by atoms with E-state index in [2.05, 4.69) is 22.3 Å². The second-order valence-corrected chi connectivity index (χ2v) is 10.3. The highest BCUT2D eigenvalue weighted by Gasteiger charge is 2.27. The third kappa shape index (κ3) is 5.01. The fourth-order valence-corrected chi connectivity index (χ4v) is 6.23. The number of nitrogens with zero attached hydrogens (tertiary/aromatic N) is 5. The maximum absolute atomic E-state index is 13.1. The number of fused-ring (bicyclic) bond motifs is 1. The number of ether oxygens (including phenoxy) is 1. The van der Waals surface area contributed by atoms with E-state index in [0.717, 1.165) is 53.0 Å². The Balaban J connectivity index is 1.26. The van der Waals surface area contributed by atoms with Gasteiger partial charge in [-0.25, -0.2) is 4.98 Å². The second-order valence-electron chi connectivity index (χ2n) is 8.30. The van der Waals surface area contributed by atoms with Crippen molar-refractivity contribution in [1.82, 2.24) is 24.6 Å². The molecular weight excluding hydrogens is 466 g/mol. The van der Waals surface area contributed by atoms with Crippen LogP contribution in [0.3, 0.4) is 0 Å². The summed E-state index contributed by atoms with van der Waals surface area (Å²) in [6, 6.07) is 18.2. The Morgan fingerprint density at radius 1 is 1.15 bits per heavy atom. The average Bonchev–Trinajstić information content (AvgIpc) is 3.51. The molecule has 0 aliphatic carbocycles. The molecule has 34 heavy (non-hydrogen) atoms. The molecule has 1 atom stereocenters. The van der Waals surface area contributed by atoms with Crippen molar-refractivity contribution in [3.8, 4) is 11.4 Å². The summed E-state index contributed by atoms with van der Waals surface area (Å²) in [5.41, 5.74) is 2.05. The minimum absolute atomic E-state index is 0.137. The zero-order valence-corrected chi connectivity index (χ0v) is 20.7. The highest BCUT2D eigenvalue weighted by molar-refractivity contribution is 7.99. The van der Waals surface area contributed by atoms with E-state index in [-0.39, 0.29) is 5.91 Å². The molecule has 1 saturated heterocycles. The summed E-state index contributed by atoms with van der Waals surface area (Å²) in [5, 5.41) is 10.7. The molecule has 2 aromatic carbocycles. The fraction of sp³-hybridized carbons (Fsp3) is 0.360. The number of thiazole rings is 1. The first-order valence-corrected chi connectivity index (χ1v) is 13.3. The number of methoxy groups -OCH3 is 1. The number of rotatable bonds is 8. The predicted octanol–water partition coefficient (Wildman–Crippen LogP) is 4.70. The predicted molar refractivity (Wildman–Crippen MR) is 136 cm³/mol. The Kier molecular flexibility index (Phi) is 7.22. The Hall–Kier alpha value is -2.75. The van der Waals surface area contributed by atoms with E-state index < -0.39 is 0 Å². The molecule has 0 unspecified atom stereocenters. The quantitative estimate of drug-likeness (QED) is 0.331. The number of benzene rings is 2. The number of para-hydroxylation sites is 1. The van der Waals surface area contributed by atoms with Crippen LogP contribution in [0.1, 0.15) is 23.8 Å². The number of aromatic nitrogens is 4. The van der Waals surface area contributed by atoms with Gasteiger partial charge in [0.15, 0.2) is 11.0 Å². The van der Waals surface area contributed by atoms with Crippen LogP contribution in [0, 0.1) is 0 Å². The van der Waals surface area contributed by atoms with Crippen molar-refractivity contribution in [3.05, 3.63) is 59.6 Å². The Labute approximate surface area is 207 Å². The van der Waals surface area contributed by atoms with Gasteiger partial charge in [0.05, 0.1) is 34.1 Å². The summed E-state index contributed by atoms with van der Waals surface area (Å²) in [6.07, 6.45) is 2.07. The molecule has 0 radical (unpaired) electrons. The zero-order chi connectivity index (χ0) is 23.3. The van der Waals surface area contributed by atoms with Crippen LogP contribution in [0.2, 0.25) is 0 Å². The van der Waals surface area contributed by atoms with Gasteiger partial charge in [-0.2, -0.15) is 0 Å². The molecule has 4 aromatic rings. The molecule has 1 fully saturated rings. The molecule has 7 nitrogen and oxygen atoms in total. The van der Waals surface area contributed by atoms with E-state index in [4.69, 9.17) is 9.72 Å². The van der Waals surface area contributed by atoms with Crippen LogP contribution in [0.25, 0.3) is 21.6 Å². The van der Waals surface area contributed by atoms with Crippen molar-refractivity contribution < 1.29 is 9.53 Å². The molecule has 176 valence electrons. The molecule has 0 bridgehead atoms. The summed E-state index contributed by atoms with van der Waals surface area (Å²) < 4.78 is 8.54. The van der Waals surface area contributed by atoms with E-state index >= 15 is 0 Å². The highest BCUT2D eigenvalue weighted by atomic mass is 32.2. The number of carbonyl (C=O) groups excluding carboxylic acids is 1.